The summed E-state index contributed by atoms with van der Waals surface area (Å²) in [5.74, 6) is -2.46. The third kappa shape index (κ3) is 7.85. The zero-order valence-corrected chi connectivity index (χ0v) is 23.4. The minimum absolute atomic E-state index is 0.0864. The van der Waals surface area contributed by atoms with Gasteiger partial charge in [-0.05, 0) is 60.9 Å². The van der Waals surface area contributed by atoms with Gasteiger partial charge in [0.15, 0.2) is 0 Å². The van der Waals surface area contributed by atoms with Gasteiger partial charge in [-0.2, -0.15) is 30.6 Å². The highest BCUT2D eigenvalue weighted by Crippen LogP contribution is 2.32. The number of hydrogen-bond donors (Lipinski definition) is 2. The average molecular weight is 647 g/mol. The van der Waals surface area contributed by atoms with E-state index >= 15 is 0 Å². The number of benzene rings is 3. The van der Waals surface area contributed by atoms with Crippen molar-refractivity contribution < 1.29 is 49.1 Å². The molecule has 1 saturated heterocycles. The molecule has 1 aliphatic heterocycles. The summed E-state index contributed by atoms with van der Waals surface area (Å²) in [5, 5.41) is 10.5. The van der Waals surface area contributed by atoms with E-state index in [1.54, 1.807) is 12.1 Å². The fourth-order valence-electron chi connectivity index (χ4n) is 4.52. The van der Waals surface area contributed by atoms with Gasteiger partial charge in [-0.3, -0.25) is 0 Å². The molecule has 4 aromatic rings. The van der Waals surface area contributed by atoms with E-state index < -0.39 is 33.9 Å². The zero-order chi connectivity index (χ0) is 32.3. The zero-order valence-electron chi connectivity index (χ0n) is 22.6. The Labute approximate surface area is 246 Å². The van der Waals surface area contributed by atoms with Crippen LogP contribution in [0.25, 0.3) is 11.0 Å². The minimum atomic E-state index is -5.08. The molecule has 16 heteroatoms. The highest BCUT2D eigenvalue weighted by atomic mass is 32.2. The summed E-state index contributed by atoms with van der Waals surface area (Å²) in [6.07, 6.45) is -8.79. The lowest BCUT2D eigenvalue weighted by atomic mass is 10.1. The second-order valence-electron chi connectivity index (χ2n) is 9.79. The Kier molecular flexibility index (Phi) is 9.53. The molecule has 236 valence electrons. The number of piperidine rings is 1. The number of aromatic nitrogens is 2. The maximum absolute atomic E-state index is 13.4. The van der Waals surface area contributed by atoms with Crippen LogP contribution in [0, 0.1) is 5.82 Å². The van der Waals surface area contributed by atoms with Crippen molar-refractivity contribution in [2.24, 2.45) is 0 Å². The van der Waals surface area contributed by atoms with Gasteiger partial charge in [0.25, 0.3) is 0 Å². The molecule has 1 aliphatic rings. The highest BCUT2D eigenvalue weighted by molar-refractivity contribution is 7.89. The molecular formula is C28H25F7N4O4S. The molecule has 8 nitrogen and oxygen atoms in total. The molecular weight excluding hydrogens is 621 g/mol. The van der Waals surface area contributed by atoms with Crippen molar-refractivity contribution in [3.63, 3.8) is 0 Å². The molecule has 0 amide bonds. The number of carboxylic acid groups (broad SMARTS) is 1. The lowest BCUT2D eigenvalue weighted by molar-refractivity contribution is -0.192. The maximum Gasteiger partial charge on any atom is 0.490 e. The quantitative estimate of drug-likeness (QED) is 0.244. The van der Waals surface area contributed by atoms with E-state index in [2.05, 4.69) is 5.32 Å². The monoisotopic (exact) mass is 646 g/mol. The number of anilines is 1. The molecule has 5 rings (SSSR count). The smallest absolute Gasteiger partial charge is 0.475 e. The van der Waals surface area contributed by atoms with Crippen LogP contribution in [0.4, 0.5) is 36.7 Å². The van der Waals surface area contributed by atoms with Crippen LogP contribution in [0.3, 0.4) is 0 Å². The number of hydrogen-bond acceptors (Lipinski definition) is 5. The van der Waals surface area contributed by atoms with E-state index in [9.17, 15) is 39.2 Å². The number of carboxylic acids is 1. The summed E-state index contributed by atoms with van der Waals surface area (Å²) in [4.78, 5) is 13.2. The van der Waals surface area contributed by atoms with Crippen molar-refractivity contribution >= 4 is 33.0 Å². The second kappa shape index (κ2) is 12.8. The molecule has 44 heavy (non-hydrogen) atoms. The Morgan fingerprint density at radius 2 is 1.55 bits per heavy atom. The molecule has 0 spiro atoms. The Morgan fingerprint density at radius 1 is 0.932 bits per heavy atom. The summed E-state index contributed by atoms with van der Waals surface area (Å²) < 4.78 is 114. The number of nitrogens with zero attached hydrogens (tertiary/aromatic N) is 3. The number of rotatable bonds is 6. The topological polar surface area (TPSA) is 105 Å². The largest absolute Gasteiger partial charge is 0.490 e. The maximum atomic E-state index is 13.4. The molecule has 0 atom stereocenters. The molecule has 0 radical (unpaired) electrons. The van der Waals surface area contributed by atoms with Crippen molar-refractivity contribution in [2.45, 2.75) is 42.7 Å². The van der Waals surface area contributed by atoms with E-state index in [0.29, 0.717) is 31.4 Å². The molecule has 0 unspecified atom stereocenters. The summed E-state index contributed by atoms with van der Waals surface area (Å²) in [6.45, 7) is 0.786. The molecule has 2 N–H and O–H groups in total. The van der Waals surface area contributed by atoms with E-state index in [4.69, 9.17) is 14.9 Å². The van der Waals surface area contributed by atoms with Gasteiger partial charge in [-0.25, -0.2) is 22.6 Å². The molecule has 0 bridgehead atoms. The normalized spacial score (nSPS) is 15.1. The third-order valence-corrected chi connectivity index (χ3v) is 8.63. The predicted molar refractivity (Wildman–Crippen MR) is 146 cm³/mol. The number of alkyl halides is 6. The molecule has 1 aromatic heterocycles. The van der Waals surface area contributed by atoms with Crippen molar-refractivity contribution in [1.82, 2.24) is 13.9 Å². The SMILES string of the molecule is O=C(O)C(F)(F)F.O=S(=O)(c1cccc(C(F)(F)F)c1)N1CCC(Nc2nc3ccccc3n2Cc2ccc(F)cc2)CC1. The van der Waals surface area contributed by atoms with Gasteiger partial charge in [0.2, 0.25) is 16.0 Å². The summed E-state index contributed by atoms with van der Waals surface area (Å²) in [7, 11) is -4.06. The molecule has 0 saturated carbocycles. The van der Waals surface area contributed by atoms with Crippen LogP contribution in [-0.4, -0.2) is 58.7 Å². The first-order valence-corrected chi connectivity index (χ1v) is 14.4. The number of carbonyl (C=O) groups is 1. The van der Waals surface area contributed by atoms with Crippen molar-refractivity contribution in [3.8, 4) is 0 Å². The van der Waals surface area contributed by atoms with Crippen molar-refractivity contribution in [1.29, 1.82) is 0 Å². The van der Waals surface area contributed by atoms with Gasteiger partial charge in [0, 0.05) is 19.1 Å². The van der Waals surface area contributed by atoms with Crippen LogP contribution >= 0.6 is 0 Å². The van der Waals surface area contributed by atoms with E-state index in [1.165, 1.54) is 22.5 Å². The number of halogens is 7. The fourth-order valence-corrected chi connectivity index (χ4v) is 6.04. The minimum Gasteiger partial charge on any atom is -0.475 e. The van der Waals surface area contributed by atoms with Crippen LogP contribution in [0.1, 0.15) is 24.0 Å². The standard InChI is InChI=1S/C26H24F4N4O2S.C2HF3O2/c27-20-10-8-18(9-11-20)17-34-24-7-2-1-6-23(24)32-25(34)31-21-12-14-33(15-13-21)37(35,36)22-5-3-4-19(16-22)26(28,29)30;3-2(4,5)1(6)7/h1-11,16,21H,12-15,17H2,(H,31,32);(H,6,7). The van der Waals surface area contributed by atoms with E-state index in [1.807, 2.05) is 28.8 Å². The fraction of sp³-hybridized carbons (Fsp3) is 0.286. The van der Waals surface area contributed by atoms with Crippen molar-refractivity contribution in [2.75, 3.05) is 18.4 Å². The summed E-state index contributed by atoms with van der Waals surface area (Å²) in [5.41, 5.74) is 1.59. The van der Waals surface area contributed by atoms with Crippen LogP contribution < -0.4 is 5.32 Å². The van der Waals surface area contributed by atoms with Gasteiger partial charge in [-0.1, -0.05) is 30.3 Å². The first kappa shape index (κ1) is 32.7. The number of aliphatic carboxylic acids is 1. The molecule has 0 aliphatic carbocycles. The Bertz CT molecular complexity index is 1710. The third-order valence-electron chi connectivity index (χ3n) is 6.74. The summed E-state index contributed by atoms with van der Waals surface area (Å²) >= 11 is 0. The number of imidazole rings is 1. The van der Waals surface area contributed by atoms with Crippen LogP contribution in [0.5, 0.6) is 0 Å². The van der Waals surface area contributed by atoms with Gasteiger partial charge < -0.3 is 15.0 Å². The van der Waals surface area contributed by atoms with E-state index in [-0.39, 0.29) is 29.8 Å². The van der Waals surface area contributed by atoms with Gasteiger partial charge in [0.1, 0.15) is 5.82 Å². The van der Waals surface area contributed by atoms with E-state index in [0.717, 1.165) is 28.7 Å². The molecule has 2 heterocycles. The Morgan fingerprint density at radius 3 is 2.14 bits per heavy atom. The van der Waals surface area contributed by atoms with Gasteiger partial charge in [0.05, 0.1) is 28.0 Å². The molecule has 1 fully saturated rings. The average Bonchev–Trinajstić information content (AvgIpc) is 3.30. The van der Waals surface area contributed by atoms with Gasteiger partial charge in [-0.15, -0.1) is 0 Å². The summed E-state index contributed by atoms with van der Waals surface area (Å²) in [6, 6.07) is 17.6. The van der Waals surface area contributed by atoms with Crippen LogP contribution in [0.15, 0.2) is 77.7 Å². The Balaban J connectivity index is 0.000000566. The first-order valence-electron chi connectivity index (χ1n) is 13.0. The number of nitrogens with one attached hydrogen (secondary N) is 1. The number of sulfonamides is 1. The van der Waals surface area contributed by atoms with Gasteiger partial charge >= 0.3 is 18.3 Å². The highest BCUT2D eigenvalue weighted by Gasteiger charge is 2.38. The Hall–Kier alpha value is -4.18. The number of para-hydroxylation sites is 2. The molecule has 3 aromatic carbocycles. The number of fused-ring (bicyclic) bond motifs is 1. The predicted octanol–water partition coefficient (Wildman–Crippen LogP) is 6.14. The van der Waals surface area contributed by atoms with Crippen LogP contribution in [-0.2, 0) is 27.5 Å². The lowest BCUT2D eigenvalue weighted by Gasteiger charge is -2.32. The van der Waals surface area contributed by atoms with Crippen LogP contribution in [0.2, 0.25) is 0 Å². The second-order valence-corrected chi connectivity index (χ2v) is 11.7. The lowest BCUT2D eigenvalue weighted by Crippen LogP contribution is -2.42. The van der Waals surface area contributed by atoms with Crippen molar-refractivity contribution in [3.05, 3.63) is 89.7 Å². The first-order chi connectivity index (χ1) is 20.6.